The van der Waals surface area contributed by atoms with Crippen LogP contribution < -0.4 is 5.32 Å². The average Bonchev–Trinajstić information content (AvgIpc) is 3.23. The van der Waals surface area contributed by atoms with Gasteiger partial charge in [0.1, 0.15) is 6.04 Å². The van der Waals surface area contributed by atoms with Crippen molar-refractivity contribution in [1.29, 1.82) is 0 Å². The Morgan fingerprint density at radius 2 is 2.08 bits per heavy atom. The zero-order valence-electron chi connectivity index (χ0n) is 14.9. The molecule has 0 aliphatic carbocycles. The molecule has 2 aromatic rings. The molecule has 1 fully saturated rings. The van der Waals surface area contributed by atoms with Crippen LogP contribution in [0.4, 0.5) is 0 Å². The van der Waals surface area contributed by atoms with Crippen LogP contribution in [0.5, 0.6) is 0 Å². The van der Waals surface area contributed by atoms with Crippen molar-refractivity contribution >= 4 is 30.7 Å². The second kappa shape index (κ2) is 8.88. The molecule has 2 aliphatic heterocycles. The molecule has 2 N–H and O–H groups in total. The Morgan fingerprint density at radius 1 is 1.31 bits per heavy atom. The van der Waals surface area contributed by atoms with Gasteiger partial charge in [-0.3, -0.25) is 9.48 Å². The van der Waals surface area contributed by atoms with E-state index in [4.69, 9.17) is 0 Å². The number of nitrogens with zero attached hydrogens (tertiary/aromatic N) is 4. The molecule has 0 saturated carbocycles. The summed E-state index contributed by atoms with van der Waals surface area (Å²) in [5.41, 5.74) is 3.16. The Balaban J connectivity index is 0.00000121. The summed E-state index contributed by atoms with van der Waals surface area (Å²) in [6.45, 7) is 5.47. The van der Waals surface area contributed by atoms with Gasteiger partial charge in [-0.05, 0) is 31.2 Å². The molecule has 4 rings (SSSR count). The Labute approximate surface area is 165 Å². The third-order valence-electron chi connectivity index (χ3n) is 5.13. The molecule has 0 bridgehead atoms. The molecule has 7 nitrogen and oxygen atoms in total. The maximum absolute atomic E-state index is 12.9. The number of amides is 1. The van der Waals surface area contributed by atoms with Crippen molar-refractivity contribution in [3.05, 3.63) is 35.7 Å². The fraction of sp³-hybridized carbons (Fsp3) is 0.588. The quantitative estimate of drug-likeness (QED) is 0.824. The van der Waals surface area contributed by atoms with Gasteiger partial charge in [0, 0.05) is 44.5 Å². The molecule has 2 aromatic heterocycles. The largest absolute Gasteiger partial charge is 0.348 e. The second-order valence-corrected chi connectivity index (χ2v) is 6.91. The summed E-state index contributed by atoms with van der Waals surface area (Å²) in [6, 6.07) is -0.287. The van der Waals surface area contributed by atoms with Gasteiger partial charge in [0.25, 0.3) is 0 Å². The van der Waals surface area contributed by atoms with Gasteiger partial charge in [0.2, 0.25) is 5.91 Å². The van der Waals surface area contributed by atoms with E-state index in [1.807, 2.05) is 15.8 Å². The van der Waals surface area contributed by atoms with Gasteiger partial charge in [0.05, 0.1) is 18.2 Å². The van der Waals surface area contributed by atoms with E-state index in [1.165, 1.54) is 5.56 Å². The molecule has 26 heavy (non-hydrogen) atoms. The number of aromatic nitrogens is 4. The molecule has 1 amide bonds. The lowest BCUT2D eigenvalue weighted by molar-refractivity contribution is -0.135. The smallest absolute Gasteiger partial charge is 0.246 e. The SMILES string of the molecule is Cc1cnn(CC2CCN(C(=O)C3NCCc4[nH]cnc43)CC2)c1.Cl.Cl. The van der Waals surface area contributed by atoms with E-state index in [1.54, 1.807) is 6.33 Å². The molecule has 0 aromatic carbocycles. The van der Waals surface area contributed by atoms with Gasteiger partial charge < -0.3 is 15.2 Å². The molecular formula is C17H26Cl2N6O. The third-order valence-corrected chi connectivity index (χ3v) is 5.13. The number of nitrogens with one attached hydrogen (secondary N) is 2. The Kier molecular flexibility index (Phi) is 7.08. The molecule has 2 aliphatic rings. The molecule has 0 spiro atoms. The van der Waals surface area contributed by atoms with Crippen molar-refractivity contribution in [3.8, 4) is 0 Å². The number of carbonyl (C=O) groups excluding carboxylic acids is 1. The second-order valence-electron chi connectivity index (χ2n) is 6.91. The van der Waals surface area contributed by atoms with Gasteiger partial charge in [-0.15, -0.1) is 24.8 Å². The van der Waals surface area contributed by atoms with Crippen molar-refractivity contribution in [2.45, 2.75) is 38.8 Å². The van der Waals surface area contributed by atoms with Crippen LogP contribution in [0.1, 0.15) is 35.8 Å². The zero-order valence-corrected chi connectivity index (χ0v) is 16.5. The number of hydrogen-bond acceptors (Lipinski definition) is 4. The van der Waals surface area contributed by atoms with Crippen molar-refractivity contribution in [2.75, 3.05) is 19.6 Å². The van der Waals surface area contributed by atoms with Gasteiger partial charge in [-0.2, -0.15) is 5.10 Å². The van der Waals surface area contributed by atoms with Gasteiger partial charge in [0.15, 0.2) is 0 Å². The maximum atomic E-state index is 12.9. The number of piperidine rings is 1. The first kappa shape index (κ1) is 20.7. The normalized spacial score (nSPS) is 20.0. The molecule has 144 valence electrons. The highest BCUT2D eigenvalue weighted by Crippen LogP contribution is 2.25. The lowest BCUT2D eigenvalue weighted by Crippen LogP contribution is -2.47. The van der Waals surface area contributed by atoms with Crippen molar-refractivity contribution in [3.63, 3.8) is 0 Å². The van der Waals surface area contributed by atoms with Crippen molar-refractivity contribution in [1.82, 2.24) is 30.0 Å². The first-order valence-electron chi connectivity index (χ1n) is 8.74. The topological polar surface area (TPSA) is 78.8 Å². The van der Waals surface area contributed by atoms with E-state index in [2.05, 4.69) is 33.5 Å². The Morgan fingerprint density at radius 3 is 2.77 bits per heavy atom. The number of aryl methyl sites for hydroxylation is 1. The molecule has 0 radical (unpaired) electrons. The standard InChI is InChI=1S/C17H24N6O.2ClH/c1-12-8-21-23(9-12)10-13-3-6-22(7-4-13)17(24)16-15-14(2-5-18-16)19-11-20-15;;/h8-9,11,13,16,18H,2-7,10H2,1H3,(H,19,20);2*1H. The molecular weight excluding hydrogens is 375 g/mol. The van der Waals surface area contributed by atoms with Crippen LogP contribution in [0, 0.1) is 12.8 Å². The number of rotatable bonds is 3. The van der Waals surface area contributed by atoms with Crippen molar-refractivity contribution < 1.29 is 4.79 Å². The van der Waals surface area contributed by atoms with Crippen molar-refractivity contribution in [2.24, 2.45) is 5.92 Å². The zero-order chi connectivity index (χ0) is 16.5. The van der Waals surface area contributed by atoms with Crippen LogP contribution in [0.3, 0.4) is 0 Å². The van der Waals surface area contributed by atoms with Crippen LogP contribution in [0.25, 0.3) is 0 Å². The molecule has 9 heteroatoms. The van der Waals surface area contributed by atoms with Crippen LogP contribution in [-0.4, -0.2) is 50.2 Å². The Hall–Kier alpha value is -1.57. The minimum absolute atomic E-state index is 0. The minimum atomic E-state index is -0.287. The van der Waals surface area contributed by atoms with Crippen LogP contribution in [0.15, 0.2) is 18.7 Å². The Bertz CT molecular complexity index is 722. The van der Waals surface area contributed by atoms with Crippen LogP contribution in [-0.2, 0) is 17.8 Å². The van der Waals surface area contributed by atoms with Gasteiger partial charge in [-0.25, -0.2) is 4.98 Å². The minimum Gasteiger partial charge on any atom is -0.348 e. The number of aromatic amines is 1. The van der Waals surface area contributed by atoms with E-state index in [0.29, 0.717) is 5.92 Å². The number of H-pyrrole nitrogens is 1. The lowest BCUT2D eigenvalue weighted by Gasteiger charge is -2.35. The van der Waals surface area contributed by atoms with E-state index >= 15 is 0 Å². The average molecular weight is 401 g/mol. The molecule has 1 atom stereocenters. The van der Waals surface area contributed by atoms with E-state index in [9.17, 15) is 4.79 Å². The summed E-state index contributed by atoms with van der Waals surface area (Å²) in [4.78, 5) is 22.4. The van der Waals surface area contributed by atoms with E-state index in [0.717, 1.165) is 56.8 Å². The summed E-state index contributed by atoms with van der Waals surface area (Å²) >= 11 is 0. The summed E-state index contributed by atoms with van der Waals surface area (Å²) in [6.07, 6.45) is 8.65. The summed E-state index contributed by atoms with van der Waals surface area (Å²) < 4.78 is 2.02. The summed E-state index contributed by atoms with van der Waals surface area (Å²) in [5, 5.41) is 7.70. The molecule has 1 unspecified atom stereocenters. The fourth-order valence-corrected chi connectivity index (χ4v) is 3.77. The third kappa shape index (κ3) is 4.22. The number of likely N-dealkylation sites (tertiary alicyclic amines) is 1. The first-order chi connectivity index (χ1) is 11.7. The van der Waals surface area contributed by atoms with E-state index < -0.39 is 0 Å². The monoisotopic (exact) mass is 400 g/mol. The number of halogens is 2. The maximum Gasteiger partial charge on any atom is 0.246 e. The predicted molar refractivity (Wildman–Crippen MR) is 104 cm³/mol. The van der Waals surface area contributed by atoms with Crippen LogP contribution in [0.2, 0.25) is 0 Å². The predicted octanol–water partition coefficient (Wildman–Crippen LogP) is 1.88. The fourth-order valence-electron chi connectivity index (χ4n) is 3.77. The van der Waals surface area contributed by atoms with Gasteiger partial charge >= 0.3 is 0 Å². The highest BCUT2D eigenvalue weighted by Gasteiger charge is 2.33. The lowest BCUT2D eigenvalue weighted by atomic mass is 9.95. The highest BCUT2D eigenvalue weighted by atomic mass is 35.5. The summed E-state index contributed by atoms with van der Waals surface area (Å²) in [5.74, 6) is 0.755. The molecule has 1 saturated heterocycles. The number of hydrogen-bond donors (Lipinski definition) is 2. The number of fused-ring (bicyclic) bond motifs is 1. The number of carbonyl (C=O) groups is 1. The molecule has 4 heterocycles. The van der Waals surface area contributed by atoms with Gasteiger partial charge in [-0.1, -0.05) is 0 Å². The first-order valence-corrected chi connectivity index (χ1v) is 8.74. The highest BCUT2D eigenvalue weighted by molar-refractivity contribution is 5.85. The van der Waals surface area contributed by atoms with Crippen LogP contribution >= 0.6 is 24.8 Å². The summed E-state index contributed by atoms with van der Waals surface area (Å²) in [7, 11) is 0. The number of imidazole rings is 1. The van der Waals surface area contributed by atoms with E-state index in [-0.39, 0.29) is 36.8 Å².